The van der Waals surface area contributed by atoms with Gasteiger partial charge >= 0.3 is 0 Å². The first kappa shape index (κ1) is 21.5. The topological polar surface area (TPSA) is 168 Å². The predicted molar refractivity (Wildman–Crippen MR) is 119 cm³/mol. The Kier molecular flexibility index (Phi) is 5.72. The monoisotopic (exact) mass is 450 g/mol. The van der Waals surface area contributed by atoms with Crippen LogP contribution in [0.4, 0.5) is 28.8 Å². The van der Waals surface area contributed by atoms with E-state index in [9.17, 15) is 24.5 Å². The van der Waals surface area contributed by atoms with Gasteiger partial charge in [0.2, 0.25) is 17.8 Å². The Morgan fingerprint density at radius 3 is 2.61 bits per heavy atom. The molecule has 0 radical (unpaired) electrons. The van der Waals surface area contributed by atoms with Crippen LogP contribution in [0.25, 0.3) is 0 Å². The predicted octanol–water partition coefficient (Wildman–Crippen LogP) is 2.49. The minimum absolute atomic E-state index is 0.0361. The smallest absolute Gasteiger partial charge is 0.292 e. The summed E-state index contributed by atoms with van der Waals surface area (Å²) in [6.07, 6.45) is -0.310. The number of benzene rings is 2. The number of rotatable bonds is 6. The fourth-order valence-electron chi connectivity index (χ4n) is 3.42. The molecule has 0 aliphatic carbocycles. The number of fused-ring (bicyclic) bond motifs is 1. The normalized spacial score (nSPS) is 14.6. The molecule has 1 aromatic heterocycles. The molecule has 3 aromatic rings. The van der Waals surface area contributed by atoms with E-state index in [0.29, 0.717) is 11.4 Å². The molecular weight excluding hydrogens is 432 g/mol. The Morgan fingerprint density at radius 1 is 1.18 bits per heavy atom. The number of nitrogens with one attached hydrogen (secondary N) is 4. The quantitative estimate of drug-likeness (QED) is 0.328. The van der Waals surface area contributed by atoms with E-state index < -0.39 is 28.2 Å². The highest BCUT2D eigenvalue weighted by atomic mass is 16.6. The molecule has 1 aliphatic heterocycles. The van der Waals surface area contributed by atoms with Gasteiger partial charge in [-0.3, -0.25) is 29.5 Å². The van der Waals surface area contributed by atoms with E-state index >= 15 is 0 Å². The van der Waals surface area contributed by atoms with Crippen LogP contribution in [-0.4, -0.2) is 33.8 Å². The first-order valence-corrected chi connectivity index (χ1v) is 9.75. The molecular formula is C21H18N6O6. The molecule has 2 aromatic carbocycles. The third-order valence-electron chi connectivity index (χ3n) is 4.98. The van der Waals surface area contributed by atoms with Crippen molar-refractivity contribution >= 4 is 40.6 Å². The summed E-state index contributed by atoms with van der Waals surface area (Å²) in [5.74, 6) is -1.79. The number of anilines is 4. The summed E-state index contributed by atoms with van der Waals surface area (Å²) in [7, 11) is 1.54. The van der Waals surface area contributed by atoms with E-state index in [1.165, 1.54) is 31.4 Å². The van der Waals surface area contributed by atoms with Gasteiger partial charge in [0.15, 0.2) is 0 Å². The maximum atomic E-state index is 12.9. The number of nitrogens with zero attached hydrogens (tertiary/aromatic N) is 2. The first-order valence-electron chi connectivity index (χ1n) is 9.75. The van der Waals surface area contributed by atoms with Gasteiger partial charge in [-0.1, -0.05) is 12.1 Å². The van der Waals surface area contributed by atoms with E-state index in [-0.39, 0.29) is 35.1 Å². The van der Waals surface area contributed by atoms with E-state index in [4.69, 9.17) is 4.74 Å². The fourth-order valence-corrected chi connectivity index (χ4v) is 3.42. The summed E-state index contributed by atoms with van der Waals surface area (Å²) in [5.41, 5.74) is -0.406. The van der Waals surface area contributed by atoms with Crippen molar-refractivity contribution in [2.45, 2.75) is 12.3 Å². The second-order valence-corrected chi connectivity index (χ2v) is 7.10. The zero-order valence-corrected chi connectivity index (χ0v) is 17.2. The maximum Gasteiger partial charge on any atom is 0.292 e. The van der Waals surface area contributed by atoms with E-state index in [2.05, 4.69) is 25.9 Å². The molecule has 0 spiro atoms. The van der Waals surface area contributed by atoms with Crippen LogP contribution in [0.15, 0.2) is 53.3 Å². The van der Waals surface area contributed by atoms with Crippen molar-refractivity contribution < 1.29 is 19.2 Å². The number of para-hydroxylation sites is 2. The Balaban J connectivity index is 1.63. The molecule has 1 atom stereocenters. The minimum Gasteiger partial charge on any atom is -0.497 e. The molecule has 2 heterocycles. The Morgan fingerprint density at radius 2 is 1.91 bits per heavy atom. The number of carbonyl (C=O) groups excluding carboxylic acids is 2. The zero-order chi connectivity index (χ0) is 23.5. The highest BCUT2D eigenvalue weighted by Crippen LogP contribution is 2.31. The number of carbonyl (C=O) groups is 2. The molecule has 0 saturated heterocycles. The van der Waals surface area contributed by atoms with Crippen LogP contribution in [0.3, 0.4) is 0 Å². The van der Waals surface area contributed by atoms with Gasteiger partial charge in [-0.15, -0.1) is 0 Å². The molecule has 2 amide bonds. The fraction of sp³-hybridized carbons (Fsp3) is 0.143. The summed E-state index contributed by atoms with van der Waals surface area (Å²) < 4.78 is 5.10. The van der Waals surface area contributed by atoms with Crippen LogP contribution < -0.4 is 26.2 Å². The number of nitro groups is 1. The molecule has 0 saturated carbocycles. The lowest BCUT2D eigenvalue weighted by Crippen LogP contribution is -2.36. The second kappa shape index (κ2) is 8.78. The average Bonchev–Trinajstić information content (AvgIpc) is 2.79. The molecule has 0 unspecified atom stereocenters. The van der Waals surface area contributed by atoms with Gasteiger partial charge in [0, 0.05) is 18.2 Å². The van der Waals surface area contributed by atoms with Gasteiger partial charge in [-0.25, -0.2) is 0 Å². The first-order chi connectivity index (χ1) is 15.9. The van der Waals surface area contributed by atoms with Gasteiger partial charge in [0.05, 0.1) is 23.5 Å². The molecule has 33 heavy (non-hydrogen) atoms. The van der Waals surface area contributed by atoms with Crippen LogP contribution in [-0.2, 0) is 9.59 Å². The standard InChI is InChI=1S/C21H18N6O6/c1-33-12-8-6-11(7-9-12)22-21-25-18-17(20(30)26-21)13(10-16(28)24-18)19(29)23-14-4-2-3-5-15(14)27(31)32/h2-9,13H,10H2,1H3,(H,23,29)(H3,22,24,25,26,28,30)/t13-/m0/s1. The van der Waals surface area contributed by atoms with Gasteiger partial charge in [0.1, 0.15) is 17.3 Å². The highest BCUT2D eigenvalue weighted by Gasteiger charge is 2.35. The van der Waals surface area contributed by atoms with E-state index in [1.807, 2.05) is 0 Å². The summed E-state index contributed by atoms with van der Waals surface area (Å²) in [4.78, 5) is 55.3. The van der Waals surface area contributed by atoms with Gasteiger partial charge in [-0.05, 0) is 30.3 Å². The van der Waals surface area contributed by atoms with Crippen molar-refractivity contribution in [1.29, 1.82) is 0 Å². The number of aromatic amines is 1. The van der Waals surface area contributed by atoms with Crippen LogP contribution >= 0.6 is 0 Å². The number of nitro benzene ring substituents is 1. The van der Waals surface area contributed by atoms with Crippen molar-refractivity contribution in [2.24, 2.45) is 0 Å². The van der Waals surface area contributed by atoms with Crippen molar-refractivity contribution in [3.63, 3.8) is 0 Å². The Bertz CT molecular complexity index is 1300. The third-order valence-corrected chi connectivity index (χ3v) is 4.98. The highest BCUT2D eigenvalue weighted by molar-refractivity contribution is 6.05. The van der Waals surface area contributed by atoms with E-state index in [0.717, 1.165) is 0 Å². The van der Waals surface area contributed by atoms with Crippen molar-refractivity contribution in [1.82, 2.24) is 9.97 Å². The number of hydrogen-bond donors (Lipinski definition) is 4. The average molecular weight is 450 g/mol. The summed E-state index contributed by atoms with van der Waals surface area (Å²) in [5, 5.41) is 19.1. The molecule has 0 bridgehead atoms. The third kappa shape index (κ3) is 4.49. The lowest BCUT2D eigenvalue weighted by Gasteiger charge is -2.23. The molecule has 4 N–H and O–H groups in total. The van der Waals surface area contributed by atoms with Crippen LogP contribution in [0.1, 0.15) is 17.9 Å². The van der Waals surface area contributed by atoms with Gasteiger partial charge in [0.25, 0.3) is 11.2 Å². The molecule has 12 nitrogen and oxygen atoms in total. The lowest BCUT2D eigenvalue weighted by atomic mass is 9.92. The van der Waals surface area contributed by atoms with E-state index in [1.54, 1.807) is 24.3 Å². The number of methoxy groups -OCH3 is 1. The summed E-state index contributed by atoms with van der Waals surface area (Å²) in [6, 6.07) is 12.4. The Hall–Kier alpha value is -4.74. The van der Waals surface area contributed by atoms with Crippen molar-refractivity contribution in [3.05, 3.63) is 74.6 Å². The molecule has 4 rings (SSSR count). The van der Waals surface area contributed by atoms with Gasteiger partial charge in [-0.2, -0.15) is 4.98 Å². The molecule has 168 valence electrons. The van der Waals surface area contributed by atoms with Crippen molar-refractivity contribution in [2.75, 3.05) is 23.1 Å². The molecule has 1 aliphatic rings. The summed E-state index contributed by atoms with van der Waals surface area (Å²) >= 11 is 0. The largest absolute Gasteiger partial charge is 0.497 e. The van der Waals surface area contributed by atoms with Crippen LogP contribution in [0.5, 0.6) is 5.75 Å². The number of aromatic nitrogens is 2. The number of amides is 2. The molecule has 0 fully saturated rings. The SMILES string of the molecule is COc1ccc(Nc2nc3c(c(=O)[nH]2)[C@@H](C(=O)Nc2ccccc2[N+](=O)[O-])CC(=O)N3)cc1. The van der Waals surface area contributed by atoms with Gasteiger partial charge < -0.3 is 20.7 Å². The minimum atomic E-state index is -1.18. The number of hydrogen-bond acceptors (Lipinski definition) is 8. The lowest BCUT2D eigenvalue weighted by molar-refractivity contribution is -0.383. The van der Waals surface area contributed by atoms with Crippen molar-refractivity contribution in [3.8, 4) is 5.75 Å². The Labute approximate surface area is 186 Å². The zero-order valence-electron chi connectivity index (χ0n) is 17.2. The van der Waals surface area contributed by atoms with Crippen LogP contribution in [0.2, 0.25) is 0 Å². The maximum absolute atomic E-state index is 12.9. The molecule has 12 heteroatoms. The van der Waals surface area contributed by atoms with Crippen LogP contribution in [0, 0.1) is 10.1 Å². The number of H-pyrrole nitrogens is 1. The number of ether oxygens (including phenoxy) is 1. The summed E-state index contributed by atoms with van der Waals surface area (Å²) in [6.45, 7) is 0. The second-order valence-electron chi connectivity index (χ2n) is 7.10.